The second-order valence-electron chi connectivity index (χ2n) is 2.56. The van der Waals surface area contributed by atoms with Gasteiger partial charge in [-0.1, -0.05) is 11.8 Å². The Morgan fingerprint density at radius 2 is 2.40 bits per heavy atom. The number of esters is 1. The van der Waals surface area contributed by atoms with Crippen molar-refractivity contribution < 1.29 is 14.3 Å². The Hall–Kier alpha value is -1.60. The van der Waals surface area contributed by atoms with E-state index in [0.29, 0.717) is 11.5 Å². The van der Waals surface area contributed by atoms with Gasteiger partial charge in [-0.2, -0.15) is 0 Å². The molecule has 15 heavy (non-hydrogen) atoms. The lowest BCUT2D eigenvalue weighted by molar-refractivity contribution is -0.107. The molecule has 0 aromatic carbocycles. The Labute approximate surface area is 92.1 Å². The zero-order valence-electron chi connectivity index (χ0n) is 8.28. The SMILES string of the molecule is CCOC(=O)c1ccc(C#CCC=O)s1. The van der Waals surface area contributed by atoms with Crippen LogP contribution < -0.4 is 0 Å². The highest BCUT2D eigenvalue weighted by Gasteiger charge is 2.08. The molecule has 0 bridgehead atoms. The number of carbonyl (C=O) groups excluding carboxylic acids is 2. The third kappa shape index (κ3) is 3.56. The summed E-state index contributed by atoms with van der Waals surface area (Å²) in [6, 6.07) is 3.42. The van der Waals surface area contributed by atoms with Gasteiger partial charge in [0.25, 0.3) is 0 Å². The minimum atomic E-state index is -0.328. The summed E-state index contributed by atoms with van der Waals surface area (Å²) in [6.45, 7) is 2.12. The fourth-order valence-corrected chi connectivity index (χ4v) is 1.67. The largest absolute Gasteiger partial charge is 0.462 e. The fourth-order valence-electron chi connectivity index (χ4n) is 0.897. The van der Waals surface area contributed by atoms with E-state index in [0.717, 1.165) is 11.2 Å². The maximum atomic E-state index is 11.3. The molecule has 0 saturated carbocycles. The molecule has 0 aliphatic rings. The lowest BCUT2D eigenvalue weighted by atomic mass is 10.4. The average Bonchev–Trinajstić information content (AvgIpc) is 2.67. The van der Waals surface area contributed by atoms with Gasteiger partial charge in [-0.05, 0) is 19.1 Å². The van der Waals surface area contributed by atoms with E-state index in [1.54, 1.807) is 19.1 Å². The first-order valence-corrected chi connectivity index (χ1v) is 5.29. The average molecular weight is 222 g/mol. The summed E-state index contributed by atoms with van der Waals surface area (Å²) in [6.07, 6.45) is 0.958. The van der Waals surface area contributed by atoms with Gasteiger partial charge in [0.15, 0.2) is 0 Å². The predicted molar refractivity (Wildman–Crippen MR) is 57.8 cm³/mol. The first-order valence-electron chi connectivity index (χ1n) is 4.47. The summed E-state index contributed by atoms with van der Waals surface area (Å²) in [4.78, 5) is 22.6. The molecule has 3 nitrogen and oxygen atoms in total. The van der Waals surface area contributed by atoms with Crippen LogP contribution in [0.3, 0.4) is 0 Å². The van der Waals surface area contributed by atoms with Gasteiger partial charge in [0.1, 0.15) is 11.2 Å². The lowest BCUT2D eigenvalue weighted by Gasteiger charge is -1.95. The van der Waals surface area contributed by atoms with Crippen molar-refractivity contribution in [1.82, 2.24) is 0 Å². The van der Waals surface area contributed by atoms with E-state index < -0.39 is 0 Å². The first-order chi connectivity index (χ1) is 7.27. The second-order valence-corrected chi connectivity index (χ2v) is 3.64. The van der Waals surface area contributed by atoms with Crippen molar-refractivity contribution in [2.45, 2.75) is 13.3 Å². The maximum absolute atomic E-state index is 11.3. The third-order valence-electron chi connectivity index (χ3n) is 1.48. The Morgan fingerprint density at radius 1 is 1.60 bits per heavy atom. The molecule has 1 aromatic rings. The highest BCUT2D eigenvalue weighted by molar-refractivity contribution is 7.14. The Morgan fingerprint density at radius 3 is 3.07 bits per heavy atom. The van der Waals surface area contributed by atoms with E-state index >= 15 is 0 Å². The molecule has 0 spiro atoms. The molecule has 0 radical (unpaired) electrons. The van der Waals surface area contributed by atoms with Crippen LogP contribution in [-0.4, -0.2) is 18.9 Å². The van der Waals surface area contributed by atoms with Gasteiger partial charge in [0, 0.05) is 0 Å². The summed E-state index contributed by atoms with van der Waals surface area (Å²) >= 11 is 1.27. The van der Waals surface area contributed by atoms with E-state index in [-0.39, 0.29) is 12.4 Å². The van der Waals surface area contributed by atoms with Gasteiger partial charge in [0.05, 0.1) is 17.9 Å². The Balaban J connectivity index is 2.68. The van der Waals surface area contributed by atoms with E-state index in [2.05, 4.69) is 11.8 Å². The van der Waals surface area contributed by atoms with Crippen molar-refractivity contribution in [2.75, 3.05) is 6.61 Å². The summed E-state index contributed by atoms with van der Waals surface area (Å²) in [5.74, 6) is 5.14. The van der Waals surface area contributed by atoms with E-state index in [9.17, 15) is 9.59 Å². The maximum Gasteiger partial charge on any atom is 0.348 e. The van der Waals surface area contributed by atoms with E-state index in [1.807, 2.05) is 0 Å². The number of ether oxygens (including phenoxy) is 1. The first kappa shape index (κ1) is 11.5. The predicted octanol–water partition coefficient (Wildman–Crippen LogP) is 1.87. The Bertz CT molecular complexity index is 409. The summed E-state index contributed by atoms with van der Waals surface area (Å²) in [5.41, 5.74) is 0. The number of thiophene rings is 1. The van der Waals surface area contributed by atoms with Crippen LogP contribution >= 0.6 is 11.3 Å². The zero-order chi connectivity index (χ0) is 11.1. The molecule has 0 aliphatic heterocycles. The van der Waals surface area contributed by atoms with Crippen molar-refractivity contribution in [1.29, 1.82) is 0 Å². The highest BCUT2D eigenvalue weighted by atomic mass is 32.1. The van der Waals surface area contributed by atoms with E-state index in [1.165, 1.54) is 11.3 Å². The lowest BCUT2D eigenvalue weighted by Crippen LogP contribution is -2.01. The molecule has 0 saturated heterocycles. The van der Waals surface area contributed by atoms with Crippen molar-refractivity contribution >= 4 is 23.6 Å². The minimum Gasteiger partial charge on any atom is -0.462 e. The van der Waals surface area contributed by atoms with Crippen LogP contribution in [-0.2, 0) is 9.53 Å². The molecule has 0 amide bonds. The monoisotopic (exact) mass is 222 g/mol. The minimum absolute atomic E-state index is 0.215. The molecular formula is C11H10O3S. The molecule has 1 aromatic heterocycles. The highest BCUT2D eigenvalue weighted by Crippen LogP contribution is 2.16. The van der Waals surface area contributed by atoms with Crippen LogP contribution in [0.1, 0.15) is 27.9 Å². The standard InChI is InChI=1S/C11H10O3S/c1-2-14-11(13)10-7-6-9(15-10)5-3-4-8-12/h6-8H,2,4H2,1H3. The summed E-state index contributed by atoms with van der Waals surface area (Å²) < 4.78 is 4.83. The van der Waals surface area contributed by atoms with Gasteiger partial charge in [0.2, 0.25) is 0 Å². The van der Waals surface area contributed by atoms with Gasteiger partial charge < -0.3 is 9.53 Å². The van der Waals surface area contributed by atoms with Crippen molar-refractivity contribution in [3.63, 3.8) is 0 Å². The van der Waals surface area contributed by atoms with Crippen LogP contribution in [0.5, 0.6) is 0 Å². The molecule has 0 aliphatic carbocycles. The Kier molecular flexibility index (Phi) is 4.58. The van der Waals surface area contributed by atoms with Gasteiger partial charge in [-0.3, -0.25) is 0 Å². The van der Waals surface area contributed by atoms with Gasteiger partial charge in [-0.15, -0.1) is 11.3 Å². The number of hydrogen-bond acceptors (Lipinski definition) is 4. The quantitative estimate of drug-likeness (QED) is 0.445. The van der Waals surface area contributed by atoms with Crippen molar-refractivity contribution in [3.8, 4) is 11.8 Å². The van der Waals surface area contributed by atoms with Crippen LogP contribution in [0.2, 0.25) is 0 Å². The molecule has 0 fully saturated rings. The molecule has 4 heteroatoms. The van der Waals surface area contributed by atoms with Crippen LogP contribution in [0.25, 0.3) is 0 Å². The van der Waals surface area contributed by atoms with Crippen LogP contribution in [0.4, 0.5) is 0 Å². The summed E-state index contributed by atoms with van der Waals surface area (Å²) in [7, 11) is 0. The molecule has 78 valence electrons. The van der Waals surface area contributed by atoms with Crippen molar-refractivity contribution in [2.24, 2.45) is 0 Å². The second kappa shape index (κ2) is 5.99. The van der Waals surface area contributed by atoms with Gasteiger partial charge >= 0.3 is 5.97 Å². The fraction of sp³-hybridized carbons (Fsp3) is 0.273. The molecule has 0 N–H and O–H groups in total. The van der Waals surface area contributed by atoms with Crippen LogP contribution in [0.15, 0.2) is 12.1 Å². The zero-order valence-corrected chi connectivity index (χ0v) is 9.10. The smallest absolute Gasteiger partial charge is 0.348 e. The third-order valence-corrected chi connectivity index (χ3v) is 2.46. The van der Waals surface area contributed by atoms with E-state index in [4.69, 9.17) is 4.74 Å². The molecule has 0 unspecified atom stereocenters. The van der Waals surface area contributed by atoms with Gasteiger partial charge in [-0.25, -0.2) is 4.79 Å². The molecule has 1 heterocycles. The topological polar surface area (TPSA) is 43.4 Å². The molecule has 1 rings (SSSR count). The number of carbonyl (C=O) groups is 2. The molecular weight excluding hydrogens is 212 g/mol. The number of hydrogen-bond donors (Lipinski definition) is 0. The summed E-state index contributed by atoms with van der Waals surface area (Å²) in [5, 5.41) is 0. The normalized spacial score (nSPS) is 8.87. The van der Waals surface area contributed by atoms with Crippen molar-refractivity contribution in [3.05, 3.63) is 21.9 Å². The van der Waals surface area contributed by atoms with Crippen LogP contribution in [0, 0.1) is 11.8 Å². The number of aldehydes is 1. The number of rotatable bonds is 3. The molecule has 0 atom stereocenters.